The van der Waals surface area contributed by atoms with Crippen molar-refractivity contribution in [2.45, 2.75) is 32.2 Å². The number of nitrogens with zero attached hydrogens (tertiary/aromatic N) is 1. The summed E-state index contributed by atoms with van der Waals surface area (Å²) in [7, 11) is -1.76. The average Bonchev–Trinajstić information content (AvgIpc) is 2.35. The molecule has 1 rings (SSSR count). The maximum absolute atomic E-state index is 9.25. The Morgan fingerprint density at radius 1 is 1.20 bits per heavy atom. The Labute approximate surface area is 127 Å². The molecule has 0 saturated heterocycles. The van der Waals surface area contributed by atoms with Gasteiger partial charge in [0.25, 0.3) is 0 Å². The van der Waals surface area contributed by atoms with Gasteiger partial charge in [-0.1, -0.05) is 42.0 Å². The summed E-state index contributed by atoms with van der Waals surface area (Å²) in [5.74, 6) is 0. The molecular formula is C16H20ClNOSi. The highest BCUT2D eigenvalue weighted by atomic mass is 35.5. The van der Waals surface area contributed by atoms with Crippen molar-refractivity contribution in [3.8, 4) is 6.07 Å². The highest BCUT2D eigenvalue weighted by molar-refractivity contribution is 6.69. The van der Waals surface area contributed by atoms with Crippen LogP contribution in [0.25, 0.3) is 6.08 Å². The van der Waals surface area contributed by atoms with Gasteiger partial charge >= 0.3 is 0 Å². The summed E-state index contributed by atoms with van der Waals surface area (Å²) in [4.78, 5) is 0. The van der Waals surface area contributed by atoms with E-state index in [0.717, 1.165) is 10.6 Å². The summed E-state index contributed by atoms with van der Waals surface area (Å²) in [5, 5.41) is 9.97. The molecule has 0 N–H and O–H groups in total. The van der Waals surface area contributed by atoms with Crippen molar-refractivity contribution in [1.82, 2.24) is 0 Å². The number of allylic oxidation sites excluding steroid dienone is 2. The van der Waals surface area contributed by atoms with E-state index in [0.29, 0.717) is 0 Å². The summed E-state index contributed by atoms with van der Waals surface area (Å²) in [6.45, 7) is 8.00. The monoisotopic (exact) mass is 305 g/mol. The lowest BCUT2D eigenvalue weighted by atomic mass is 10.1. The third-order valence-corrected chi connectivity index (χ3v) is 3.71. The minimum atomic E-state index is -1.76. The maximum atomic E-state index is 9.25. The van der Waals surface area contributed by atoms with E-state index in [4.69, 9.17) is 16.0 Å². The van der Waals surface area contributed by atoms with Crippen LogP contribution in [0, 0.1) is 11.3 Å². The maximum Gasteiger partial charge on any atom is 0.186 e. The number of halogens is 1. The second-order valence-electron chi connectivity index (χ2n) is 5.70. The van der Waals surface area contributed by atoms with E-state index in [1.165, 1.54) is 0 Å². The summed E-state index contributed by atoms with van der Waals surface area (Å²) >= 11 is 5.83. The normalized spacial score (nSPS) is 15.4. The molecule has 0 fully saturated rings. The van der Waals surface area contributed by atoms with Gasteiger partial charge in [-0.05, 0) is 50.3 Å². The lowest BCUT2D eigenvalue weighted by Crippen LogP contribution is -2.38. The van der Waals surface area contributed by atoms with Gasteiger partial charge in [-0.2, -0.15) is 5.26 Å². The van der Waals surface area contributed by atoms with Crippen molar-refractivity contribution in [2.75, 3.05) is 0 Å². The molecule has 0 heterocycles. The predicted octanol–water partition coefficient (Wildman–Crippen LogP) is 5.04. The van der Waals surface area contributed by atoms with Gasteiger partial charge in [-0.25, -0.2) is 0 Å². The van der Waals surface area contributed by atoms with Crippen molar-refractivity contribution < 1.29 is 4.43 Å². The minimum Gasteiger partial charge on any atom is -0.397 e. The largest absolute Gasteiger partial charge is 0.397 e. The van der Waals surface area contributed by atoms with Gasteiger partial charge in [-0.15, -0.1) is 0 Å². The Morgan fingerprint density at radius 3 is 2.30 bits per heavy atom. The molecule has 2 nitrogen and oxygen atoms in total. The van der Waals surface area contributed by atoms with E-state index in [9.17, 15) is 5.26 Å². The van der Waals surface area contributed by atoms with Gasteiger partial charge in [0.05, 0.1) is 0 Å². The van der Waals surface area contributed by atoms with Crippen molar-refractivity contribution in [3.05, 3.63) is 53.1 Å². The van der Waals surface area contributed by atoms with Crippen LogP contribution in [0.5, 0.6) is 0 Å². The Balaban J connectivity index is 2.71. The van der Waals surface area contributed by atoms with Crippen molar-refractivity contribution in [1.29, 1.82) is 5.26 Å². The van der Waals surface area contributed by atoms with Gasteiger partial charge in [0.2, 0.25) is 0 Å². The second kappa shape index (κ2) is 6.89. The molecule has 4 heteroatoms. The first-order chi connectivity index (χ1) is 9.24. The van der Waals surface area contributed by atoms with E-state index >= 15 is 0 Å². The first kappa shape index (κ1) is 16.7. The van der Waals surface area contributed by atoms with Crippen LogP contribution in [0.1, 0.15) is 12.5 Å². The zero-order valence-corrected chi connectivity index (χ0v) is 14.1. The molecular weight excluding hydrogens is 286 g/mol. The zero-order chi connectivity index (χ0) is 15.2. The molecule has 0 unspecified atom stereocenters. The van der Waals surface area contributed by atoms with Crippen LogP contribution < -0.4 is 0 Å². The molecule has 0 radical (unpaired) electrons. The third-order valence-electron chi connectivity index (χ3n) is 2.42. The molecule has 0 saturated carbocycles. The summed E-state index contributed by atoms with van der Waals surface area (Å²) < 4.78 is 5.88. The SMILES string of the molecule is C[C@@](C#N)(/C=C/C=C/c1ccc(Cl)cc1)O[Si](C)(C)C. The number of hydrogen-bond donors (Lipinski definition) is 0. The smallest absolute Gasteiger partial charge is 0.186 e. The number of benzene rings is 1. The average molecular weight is 306 g/mol. The topological polar surface area (TPSA) is 33.0 Å². The predicted molar refractivity (Wildman–Crippen MR) is 88.1 cm³/mol. The van der Waals surface area contributed by atoms with Gasteiger partial charge < -0.3 is 4.43 Å². The quantitative estimate of drug-likeness (QED) is 0.564. The number of hydrogen-bond acceptors (Lipinski definition) is 2. The fourth-order valence-corrected chi connectivity index (χ4v) is 3.22. The van der Waals surface area contributed by atoms with Crippen LogP contribution in [-0.2, 0) is 4.43 Å². The Hall–Kier alpha value is -1.34. The molecule has 1 aromatic carbocycles. The van der Waals surface area contributed by atoms with Crippen LogP contribution in [0.4, 0.5) is 0 Å². The van der Waals surface area contributed by atoms with Crippen LogP contribution in [0.2, 0.25) is 24.7 Å². The number of rotatable bonds is 5. The van der Waals surface area contributed by atoms with Gasteiger partial charge in [0, 0.05) is 5.02 Å². The molecule has 0 aliphatic heterocycles. The fraction of sp³-hybridized carbons (Fsp3) is 0.312. The molecule has 0 aromatic heterocycles. The molecule has 20 heavy (non-hydrogen) atoms. The van der Waals surface area contributed by atoms with Gasteiger partial charge in [0.1, 0.15) is 6.07 Å². The molecule has 1 aromatic rings. The molecule has 0 aliphatic carbocycles. The fourth-order valence-electron chi connectivity index (χ4n) is 1.71. The molecule has 0 spiro atoms. The first-order valence-electron chi connectivity index (χ1n) is 6.47. The standard InChI is InChI=1S/C16H20ClNOSi/c1-16(13-18,19-20(2,3)4)12-6-5-7-14-8-10-15(17)11-9-14/h5-12H,1-4H3/b7-5+,12-6+/t16-/m0/s1. The highest BCUT2D eigenvalue weighted by Crippen LogP contribution is 2.19. The van der Waals surface area contributed by atoms with Crippen molar-refractivity contribution in [2.24, 2.45) is 0 Å². The Bertz CT molecular complexity index is 537. The minimum absolute atomic E-state index is 0.721. The van der Waals surface area contributed by atoms with Gasteiger partial charge in [-0.3, -0.25) is 0 Å². The third kappa shape index (κ3) is 6.20. The summed E-state index contributed by atoms with van der Waals surface area (Å²) in [6, 6.07) is 9.79. The Kier molecular flexibility index (Phi) is 5.76. The summed E-state index contributed by atoms with van der Waals surface area (Å²) in [5.41, 5.74) is 0.193. The molecule has 106 valence electrons. The van der Waals surface area contributed by atoms with Gasteiger partial charge in [0.15, 0.2) is 13.9 Å². The van der Waals surface area contributed by atoms with Crippen molar-refractivity contribution >= 4 is 26.0 Å². The molecule has 1 atom stereocenters. The van der Waals surface area contributed by atoms with E-state index in [2.05, 4.69) is 25.7 Å². The van der Waals surface area contributed by atoms with Crippen LogP contribution in [0.15, 0.2) is 42.5 Å². The van der Waals surface area contributed by atoms with E-state index in [1.54, 1.807) is 13.0 Å². The van der Waals surface area contributed by atoms with Crippen LogP contribution >= 0.6 is 11.6 Å². The Morgan fingerprint density at radius 2 is 1.80 bits per heavy atom. The van der Waals surface area contributed by atoms with E-state index in [-0.39, 0.29) is 0 Å². The summed E-state index contributed by atoms with van der Waals surface area (Å²) in [6.07, 6.45) is 7.49. The van der Waals surface area contributed by atoms with Crippen LogP contribution in [-0.4, -0.2) is 13.9 Å². The van der Waals surface area contributed by atoms with E-state index < -0.39 is 13.9 Å². The number of nitriles is 1. The zero-order valence-electron chi connectivity index (χ0n) is 12.4. The van der Waals surface area contributed by atoms with Crippen LogP contribution in [0.3, 0.4) is 0 Å². The second-order valence-corrected chi connectivity index (χ2v) is 10.6. The van der Waals surface area contributed by atoms with E-state index in [1.807, 2.05) is 42.5 Å². The lowest BCUT2D eigenvalue weighted by Gasteiger charge is -2.27. The first-order valence-corrected chi connectivity index (χ1v) is 10.3. The van der Waals surface area contributed by atoms with Crippen molar-refractivity contribution in [3.63, 3.8) is 0 Å². The highest BCUT2D eigenvalue weighted by Gasteiger charge is 2.28. The molecule has 0 aliphatic rings. The lowest BCUT2D eigenvalue weighted by molar-refractivity contribution is 0.192. The molecule has 0 amide bonds. The molecule has 0 bridgehead atoms.